The molecular formula is C18H20BrClN2O3S. The van der Waals surface area contributed by atoms with Crippen LogP contribution in [0.1, 0.15) is 29.8 Å². The molecule has 0 atom stereocenters. The zero-order chi connectivity index (χ0) is 19.5. The molecule has 2 aromatic carbocycles. The number of halogens is 2. The van der Waals surface area contributed by atoms with Gasteiger partial charge in [0.15, 0.2) is 0 Å². The summed E-state index contributed by atoms with van der Waals surface area (Å²) in [7, 11) is -3.65. The van der Waals surface area contributed by atoms with Gasteiger partial charge in [-0.3, -0.25) is 4.79 Å². The van der Waals surface area contributed by atoms with E-state index >= 15 is 0 Å². The predicted octanol–water partition coefficient (Wildman–Crippen LogP) is 4.69. The first-order valence-corrected chi connectivity index (χ1v) is 10.7. The van der Waals surface area contributed by atoms with Crippen LogP contribution in [0.5, 0.6) is 0 Å². The van der Waals surface area contributed by atoms with Gasteiger partial charge in [0, 0.05) is 23.1 Å². The highest BCUT2D eigenvalue weighted by molar-refractivity contribution is 9.10. The van der Waals surface area contributed by atoms with E-state index in [0.717, 1.165) is 4.47 Å². The van der Waals surface area contributed by atoms with Crippen molar-refractivity contribution >= 4 is 49.1 Å². The Morgan fingerprint density at radius 1 is 1.15 bits per heavy atom. The normalized spacial score (nSPS) is 11.6. The molecule has 2 rings (SSSR count). The van der Waals surface area contributed by atoms with Crippen LogP contribution in [0, 0.1) is 6.92 Å². The van der Waals surface area contributed by atoms with Crippen molar-refractivity contribution in [1.82, 2.24) is 4.31 Å². The van der Waals surface area contributed by atoms with Crippen molar-refractivity contribution in [1.29, 1.82) is 0 Å². The molecule has 0 saturated heterocycles. The van der Waals surface area contributed by atoms with Crippen molar-refractivity contribution in [3.05, 3.63) is 57.0 Å². The standard InChI is InChI=1S/C18H20BrClN2O3S/c1-4-22(5-2)26(24,25)17-10-13(7-6-12(17)3)18(23)21-16-9-8-14(19)11-15(16)20/h6-11H,4-5H2,1-3H3,(H,21,23). The van der Waals surface area contributed by atoms with E-state index < -0.39 is 15.9 Å². The van der Waals surface area contributed by atoms with Gasteiger partial charge in [-0.25, -0.2) is 8.42 Å². The second kappa shape index (κ2) is 8.52. The van der Waals surface area contributed by atoms with Gasteiger partial charge >= 0.3 is 0 Å². The van der Waals surface area contributed by atoms with Gasteiger partial charge in [-0.15, -0.1) is 0 Å². The summed E-state index contributed by atoms with van der Waals surface area (Å²) in [5.41, 5.74) is 1.30. The summed E-state index contributed by atoms with van der Waals surface area (Å²) in [5, 5.41) is 3.09. The van der Waals surface area contributed by atoms with Gasteiger partial charge in [0.2, 0.25) is 10.0 Å². The first kappa shape index (κ1) is 20.9. The number of anilines is 1. The Balaban J connectivity index is 2.38. The fraction of sp³-hybridized carbons (Fsp3) is 0.278. The molecule has 2 aromatic rings. The van der Waals surface area contributed by atoms with Gasteiger partial charge in [0.25, 0.3) is 5.91 Å². The molecule has 0 unspecified atom stereocenters. The Morgan fingerprint density at radius 2 is 1.81 bits per heavy atom. The minimum absolute atomic E-state index is 0.135. The zero-order valence-corrected chi connectivity index (χ0v) is 17.9. The molecular weight excluding hydrogens is 440 g/mol. The Labute approximate surface area is 167 Å². The molecule has 26 heavy (non-hydrogen) atoms. The summed E-state index contributed by atoms with van der Waals surface area (Å²) in [6, 6.07) is 9.74. The minimum atomic E-state index is -3.65. The number of benzene rings is 2. The van der Waals surface area contributed by atoms with E-state index in [0.29, 0.717) is 29.4 Å². The van der Waals surface area contributed by atoms with E-state index in [1.165, 1.54) is 10.4 Å². The number of nitrogens with zero attached hydrogens (tertiary/aromatic N) is 1. The topological polar surface area (TPSA) is 66.5 Å². The van der Waals surface area contributed by atoms with Gasteiger partial charge in [0.1, 0.15) is 0 Å². The SMILES string of the molecule is CCN(CC)S(=O)(=O)c1cc(C(=O)Nc2ccc(Br)cc2Cl)ccc1C. The summed E-state index contributed by atoms with van der Waals surface area (Å²) in [6.07, 6.45) is 0. The van der Waals surface area contributed by atoms with E-state index in [1.807, 2.05) is 0 Å². The average molecular weight is 460 g/mol. The van der Waals surface area contributed by atoms with E-state index in [9.17, 15) is 13.2 Å². The Hall–Kier alpha value is -1.41. The number of amides is 1. The quantitative estimate of drug-likeness (QED) is 0.681. The Bertz CT molecular complexity index is 928. The molecule has 8 heteroatoms. The van der Waals surface area contributed by atoms with Crippen LogP contribution in [0.4, 0.5) is 5.69 Å². The number of carbonyl (C=O) groups excluding carboxylic acids is 1. The molecule has 5 nitrogen and oxygen atoms in total. The van der Waals surface area contributed by atoms with Crippen LogP contribution in [0.2, 0.25) is 5.02 Å². The number of carbonyl (C=O) groups is 1. The smallest absolute Gasteiger partial charge is 0.255 e. The van der Waals surface area contributed by atoms with Crippen LogP contribution in [0.3, 0.4) is 0 Å². The van der Waals surface area contributed by atoms with Gasteiger partial charge < -0.3 is 5.32 Å². The number of hydrogen-bond acceptors (Lipinski definition) is 3. The molecule has 0 bridgehead atoms. The maximum Gasteiger partial charge on any atom is 0.255 e. The summed E-state index contributed by atoms with van der Waals surface area (Å²) < 4.78 is 27.8. The van der Waals surface area contributed by atoms with Crippen LogP contribution in [-0.4, -0.2) is 31.7 Å². The lowest BCUT2D eigenvalue weighted by molar-refractivity contribution is 0.102. The average Bonchev–Trinajstić information content (AvgIpc) is 2.58. The number of rotatable bonds is 6. The fourth-order valence-electron chi connectivity index (χ4n) is 2.51. The summed E-state index contributed by atoms with van der Waals surface area (Å²) in [4.78, 5) is 12.7. The lowest BCUT2D eigenvalue weighted by Crippen LogP contribution is -2.31. The minimum Gasteiger partial charge on any atom is -0.321 e. The molecule has 0 aliphatic rings. The first-order chi connectivity index (χ1) is 12.2. The lowest BCUT2D eigenvalue weighted by Gasteiger charge is -2.20. The Morgan fingerprint density at radius 3 is 2.38 bits per heavy atom. The van der Waals surface area contributed by atoms with Crippen LogP contribution in [0.15, 0.2) is 45.8 Å². The van der Waals surface area contributed by atoms with E-state index in [1.54, 1.807) is 51.1 Å². The van der Waals surface area contributed by atoms with Crippen LogP contribution in [0.25, 0.3) is 0 Å². The number of hydrogen-bond donors (Lipinski definition) is 1. The predicted molar refractivity (Wildman–Crippen MR) is 108 cm³/mol. The van der Waals surface area contributed by atoms with Crippen molar-refractivity contribution in [2.24, 2.45) is 0 Å². The van der Waals surface area contributed by atoms with E-state index in [2.05, 4.69) is 21.2 Å². The van der Waals surface area contributed by atoms with Gasteiger partial charge in [-0.2, -0.15) is 4.31 Å². The van der Waals surface area contributed by atoms with Crippen LogP contribution < -0.4 is 5.32 Å². The maximum atomic E-state index is 12.8. The molecule has 0 aliphatic carbocycles. The highest BCUT2D eigenvalue weighted by Gasteiger charge is 2.24. The molecule has 140 valence electrons. The molecule has 0 fully saturated rings. The van der Waals surface area contributed by atoms with Crippen molar-refractivity contribution in [2.75, 3.05) is 18.4 Å². The lowest BCUT2D eigenvalue weighted by atomic mass is 10.1. The first-order valence-electron chi connectivity index (χ1n) is 8.07. The number of nitrogens with one attached hydrogen (secondary N) is 1. The molecule has 0 heterocycles. The molecule has 1 N–H and O–H groups in total. The fourth-order valence-corrected chi connectivity index (χ4v) is 4.94. The zero-order valence-electron chi connectivity index (χ0n) is 14.7. The van der Waals surface area contributed by atoms with Crippen molar-refractivity contribution < 1.29 is 13.2 Å². The largest absolute Gasteiger partial charge is 0.321 e. The number of aryl methyl sites for hydroxylation is 1. The molecule has 1 amide bonds. The highest BCUT2D eigenvalue weighted by atomic mass is 79.9. The monoisotopic (exact) mass is 458 g/mol. The van der Waals surface area contributed by atoms with Crippen molar-refractivity contribution in [2.45, 2.75) is 25.7 Å². The highest BCUT2D eigenvalue weighted by Crippen LogP contribution is 2.27. The number of sulfonamides is 1. The molecule has 0 radical (unpaired) electrons. The van der Waals surface area contributed by atoms with Crippen LogP contribution >= 0.6 is 27.5 Å². The maximum absolute atomic E-state index is 12.8. The second-order valence-corrected chi connectivity index (χ2v) is 8.88. The molecule has 0 aromatic heterocycles. The van der Waals surface area contributed by atoms with Crippen molar-refractivity contribution in [3.63, 3.8) is 0 Å². The van der Waals surface area contributed by atoms with Crippen molar-refractivity contribution in [3.8, 4) is 0 Å². The van der Waals surface area contributed by atoms with E-state index in [4.69, 9.17) is 11.6 Å². The van der Waals surface area contributed by atoms with E-state index in [-0.39, 0.29) is 10.5 Å². The third-order valence-electron chi connectivity index (χ3n) is 3.95. The molecule has 0 aliphatic heterocycles. The summed E-state index contributed by atoms with van der Waals surface area (Å²) in [5.74, 6) is -0.426. The second-order valence-electron chi connectivity index (χ2n) is 5.65. The summed E-state index contributed by atoms with van der Waals surface area (Å²) in [6.45, 7) is 6.00. The van der Waals surface area contributed by atoms with Gasteiger partial charge in [-0.05, 0) is 42.8 Å². The summed E-state index contributed by atoms with van der Waals surface area (Å²) >= 11 is 9.43. The molecule has 0 spiro atoms. The van der Waals surface area contributed by atoms with Gasteiger partial charge in [0.05, 0.1) is 15.6 Å². The van der Waals surface area contributed by atoms with Crippen LogP contribution in [-0.2, 0) is 10.0 Å². The molecule has 0 saturated carbocycles. The third kappa shape index (κ3) is 4.46. The Kier molecular flexibility index (Phi) is 6.85. The third-order valence-corrected chi connectivity index (χ3v) is 6.95. The van der Waals surface area contributed by atoms with Gasteiger partial charge in [-0.1, -0.05) is 47.4 Å².